The lowest BCUT2D eigenvalue weighted by Crippen LogP contribution is -2.42. The van der Waals surface area contributed by atoms with Crippen LogP contribution >= 0.6 is 0 Å². The van der Waals surface area contributed by atoms with E-state index in [1.807, 2.05) is 0 Å². The predicted octanol–water partition coefficient (Wildman–Crippen LogP) is 4.15. The fourth-order valence-corrected chi connectivity index (χ4v) is 6.30. The summed E-state index contributed by atoms with van der Waals surface area (Å²) in [6.07, 6.45) is 6.97. The van der Waals surface area contributed by atoms with Crippen molar-refractivity contribution in [2.75, 3.05) is 19.8 Å². The highest BCUT2D eigenvalue weighted by molar-refractivity contribution is 4.95. The van der Waals surface area contributed by atoms with Crippen LogP contribution in [0.3, 0.4) is 0 Å². The summed E-state index contributed by atoms with van der Waals surface area (Å²) in [5.41, 5.74) is 0. The van der Waals surface area contributed by atoms with Gasteiger partial charge in [0.1, 0.15) is 6.10 Å². The zero-order valence-corrected chi connectivity index (χ0v) is 15.9. The first kappa shape index (κ1) is 17.3. The van der Waals surface area contributed by atoms with Crippen LogP contribution in [-0.4, -0.2) is 38.1 Å². The molecule has 4 aliphatic rings. The van der Waals surface area contributed by atoms with Crippen molar-refractivity contribution >= 4 is 0 Å². The van der Waals surface area contributed by atoms with Gasteiger partial charge in [0, 0.05) is 0 Å². The molecule has 4 rings (SSSR count). The number of ether oxygens (including phenoxy) is 3. The lowest BCUT2D eigenvalue weighted by Gasteiger charge is -2.46. The molecular formula is C21H36O3. The Morgan fingerprint density at radius 1 is 0.750 bits per heavy atom. The number of hydrogen-bond acceptors (Lipinski definition) is 3. The first-order chi connectivity index (χ1) is 11.5. The van der Waals surface area contributed by atoms with Crippen molar-refractivity contribution in [3.63, 3.8) is 0 Å². The Balaban J connectivity index is 1.33. The van der Waals surface area contributed by atoms with Gasteiger partial charge < -0.3 is 14.2 Å². The fraction of sp³-hybridized carbons (Fsp3) is 1.00. The molecule has 138 valence electrons. The SMILES string of the molecule is CC1CC(C2CC(C)C(C3CO3)C(C)C2)CC(C)C1OCC1CO1. The summed E-state index contributed by atoms with van der Waals surface area (Å²) in [5.74, 6) is 5.67. The second-order valence-corrected chi connectivity index (χ2v) is 9.57. The average molecular weight is 337 g/mol. The predicted molar refractivity (Wildman–Crippen MR) is 94.8 cm³/mol. The van der Waals surface area contributed by atoms with E-state index in [0.29, 0.717) is 30.1 Å². The van der Waals surface area contributed by atoms with Gasteiger partial charge >= 0.3 is 0 Å². The molecule has 24 heavy (non-hydrogen) atoms. The molecule has 2 heterocycles. The number of rotatable bonds is 5. The Hall–Kier alpha value is -0.120. The summed E-state index contributed by atoms with van der Waals surface area (Å²) in [6.45, 7) is 12.5. The second-order valence-electron chi connectivity index (χ2n) is 9.57. The molecule has 0 aromatic rings. The van der Waals surface area contributed by atoms with E-state index < -0.39 is 0 Å². The van der Waals surface area contributed by atoms with Crippen LogP contribution in [0.25, 0.3) is 0 Å². The molecule has 2 saturated heterocycles. The van der Waals surface area contributed by atoms with Crippen LogP contribution in [0.4, 0.5) is 0 Å². The highest BCUT2D eigenvalue weighted by Crippen LogP contribution is 2.49. The molecule has 3 nitrogen and oxygen atoms in total. The van der Waals surface area contributed by atoms with Crippen molar-refractivity contribution in [2.24, 2.45) is 41.4 Å². The molecular weight excluding hydrogens is 300 g/mol. The molecule has 2 saturated carbocycles. The second kappa shape index (κ2) is 6.89. The van der Waals surface area contributed by atoms with Gasteiger partial charge in [-0.05, 0) is 67.1 Å². The quantitative estimate of drug-likeness (QED) is 0.707. The van der Waals surface area contributed by atoms with Crippen LogP contribution in [0.1, 0.15) is 53.4 Å². The van der Waals surface area contributed by atoms with Gasteiger partial charge in [0.05, 0.1) is 32.0 Å². The molecule has 0 radical (unpaired) electrons. The molecule has 0 bridgehead atoms. The highest BCUT2D eigenvalue weighted by atomic mass is 16.6. The molecule has 3 heteroatoms. The monoisotopic (exact) mass is 336 g/mol. The van der Waals surface area contributed by atoms with E-state index in [4.69, 9.17) is 14.2 Å². The van der Waals surface area contributed by atoms with Gasteiger partial charge in [0.25, 0.3) is 0 Å². The van der Waals surface area contributed by atoms with Crippen molar-refractivity contribution in [1.82, 2.24) is 0 Å². The third-order valence-corrected chi connectivity index (χ3v) is 7.47. The lowest BCUT2D eigenvalue weighted by molar-refractivity contribution is -0.0695. The van der Waals surface area contributed by atoms with Gasteiger partial charge in [-0.15, -0.1) is 0 Å². The van der Waals surface area contributed by atoms with E-state index >= 15 is 0 Å². The van der Waals surface area contributed by atoms with Gasteiger partial charge in [-0.25, -0.2) is 0 Å². The molecule has 0 aromatic carbocycles. The van der Waals surface area contributed by atoms with E-state index in [1.165, 1.54) is 25.7 Å². The van der Waals surface area contributed by atoms with Crippen molar-refractivity contribution in [3.8, 4) is 0 Å². The third-order valence-electron chi connectivity index (χ3n) is 7.47. The third kappa shape index (κ3) is 3.68. The highest BCUT2D eigenvalue weighted by Gasteiger charge is 2.46. The zero-order valence-electron chi connectivity index (χ0n) is 15.9. The summed E-state index contributed by atoms with van der Waals surface area (Å²) in [4.78, 5) is 0. The molecule has 0 aromatic heterocycles. The Bertz CT molecular complexity index is 407. The van der Waals surface area contributed by atoms with E-state index in [1.54, 1.807) is 0 Å². The maximum atomic E-state index is 6.22. The minimum Gasteiger partial charge on any atom is -0.375 e. The standard InChI is InChI=1S/C21H36O3/c1-12-5-16(6-13(2)20(12)19-11-23-19)17-7-14(3)21(15(4)8-17)24-10-18-9-22-18/h12-21H,5-11H2,1-4H3. The van der Waals surface area contributed by atoms with Crippen LogP contribution in [0.5, 0.6) is 0 Å². The van der Waals surface area contributed by atoms with Gasteiger partial charge in [0.15, 0.2) is 0 Å². The summed E-state index contributed by atoms with van der Waals surface area (Å²) < 4.78 is 17.2. The van der Waals surface area contributed by atoms with E-state index in [2.05, 4.69) is 27.7 Å². The fourth-order valence-electron chi connectivity index (χ4n) is 6.30. The molecule has 0 N–H and O–H groups in total. The molecule has 2 aliphatic heterocycles. The van der Waals surface area contributed by atoms with Crippen LogP contribution in [0.15, 0.2) is 0 Å². The molecule has 2 aliphatic carbocycles. The van der Waals surface area contributed by atoms with Crippen molar-refractivity contribution in [2.45, 2.75) is 71.7 Å². The maximum absolute atomic E-state index is 6.22. The summed E-state index contributed by atoms with van der Waals surface area (Å²) in [5, 5.41) is 0. The molecule has 0 spiro atoms. The molecule has 0 amide bonds. The lowest BCUT2D eigenvalue weighted by atomic mass is 9.60. The Morgan fingerprint density at radius 3 is 1.71 bits per heavy atom. The summed E-state index contributed by atoms with van der Waals surface area (Å²) in [6, 6.07) is 0. The number of hydrogen-bond donors (Lipinski definition) is 0. The van der Waals surface area contributed by atoms with Crippen LogP contribution in [-0.2, 0) is 14.2 Å². The van der Waals surface area contributed by atoms with Crippen molar-refractivity contribution < 1.29 is 14.2 Å². The topological polar surface area (TPSA) is 34.3 Å². The average Bonchev–Trinajstić information content (AvgIpc) is 3.40. The van der Waals surface area contributed by atoms with E-state index in [9.17, 15) is 0 Å². The van der Waals surface area contributed by atoms with E-state index in [-0.39, 0.29) is 0 Å². The van der Waals surface area contributed by atoms with Crippen LogP contribution in [0, 0.1) is 41.4 Å². The van der Waals surface area contributed by atoms with Crippen LogP contribution < -0.4 is 0 Å². The van der Waals surface area contributed by atoms with Crippen molar-refractivity contribution in [1.29, 1.82) is 0 Å². The minimum absolute atomic E-state index is 0.392. The zero-order chi connectivity index (χ0) is 16.8. The van der Waals surface area contributed by atoms with Crippen molar-refractivity contribution in [3.05, 3.63) is 0 Å². The van der Waals surface area contributed by atoms with Crippen LogP contribution in [0.2, 0.25) is 0 Å². The normalized spacial score (nSPS) is 54.5. The van der Waals surface area contributed by atoms with Gasteiger partial charge in [0.2, 0.25) is 0 Å². The van der Waals surface area contributed by atoms with Gasteiger partial charge in [-0.3, -0.25) is 0 Å². The molecule has 6 atom stereocenters. The summed E-state index contributed by atoms with van der Waals surface area (Å²) in [7, 11) is 0. The van der Waals surface area contributed by atoms with Gasteiger partial charge in [-0.2, -0.15) is 0 Å². The summed E-state index contributed by atoms with van der Waals surface area (Å²) >= 11 is 0. The maximum Gasteiger partial charge on any atom is 0.104 e. The molecule has 6 unspecified atom stereocenters. The Kier molecular flexibility index (Phi) is 4.96. The smallest absolute Gasteiger partial charge is 0.104 e. The van der Waals surface area contributed by atoms with E-state index in [0.717, 1.165) is 49.4 Å². The van der Waals surface area contributed by atoms with Gasteiger partial charge in [-0.1, -0.05) is 27.7 Å². The first-order valence-corrected chi connectivity index (χ1v) is 10.4. The Morgan fingerprint density at radius 2 is 1.25 bits per heavy atom. The molecule has 4 fully saturated rings. The Labute approximate surface area is 147 Å². The number of epoxide rings is 2. The largest absolute Gasteiger partial charge is 0.375 e. The first-order valence-electron chi connectivity index (χ1n) is 10.4. The minimum atomic E-state index is 0.392.